The highest BCUT2D eigenvalue weighted by Gasteiger charge is 2.08. The van der Waals surface area contributed by atoms with Gasteiger partial charge in [-0.3, -0.25) is 0 Å². The van der Waals surface area contributed by atoms with Gasteiger partial charge in [0.05, 0.1) is 5.52 Å². The number of nitrogens with zero attached hydrogens (tertiary/aromatic N) is 1. The number of rotatable bonds is 2. The summed E-state index contributed by atoms with van der Waals surface area (Å²) in [4.78, 5) is 15.5. The SMILES string of the molecule is O=C(OCCl)c1ccc2ccccc2n1. The zero-order valence-electron chi connectivity index (χ0n) is 7.81. The standard InChI is InChI=1S/C11H8ClNO2/c12-7-15-11(14)10-6-5-8-3-1-2-4-9(8)13-10/h1-6H,7H2. The van der Waals surface area contributed by atoms with Crippen molar-refractivity contribution in [2.45, 2.75) is 0 Å². The minimum atomic E-state index is -0.504. The van der Waals surface area contributed by atoms with Crippen LogP contribution in [0, 0.1) is 0 Å². The number of carbonyl (C=O) groups excluding carboxylic acids is 1. The molecule has 0 bridgehead atoms. The number of carbonyl (C=O) groups is 1. The van der Waals surface area contributed by atoms with E-state index in [0.29, 0.717) is 0 Å². The van der Waals surface area contributed by atoms with Gasteiger partial charge in [-0.25, -0.2) is 9.78 Å². The smallest absolute Gasteiger partial charge is 0.358 e. The van der Waals surface area contributed by atoms with Gasteiger partial charge in [-0.1, -0.05) is 35.9 Å². The third kappa shape index (κ3) is 2.07. The van der Waals surface area contributed by atoms with E-state index < -0.39 is 5.97 Å². The first-order valence-corrected chi connectivity index (χ1v) is 4.93. The maximum atomic E-state index is 11.3. The number of ether oxygens (including phenoxy) is 1. The maximum Gasteiger partial charge on any atom is 0.358 e. The molecule has 0 radical (unpaired) electrons. The van der Waals surface area contributed by atoms with Gasteiger partial charge in [-0.05, 0) is 12.1 Å². The monoisotopic (exact) mass is 221 g/mol. The number of hydrogen-bond acceptors (Lipinski definition) is 3. The quantitative estimate of drug-likeness (QED) is 0.578. The maximum absolute atomic E-state index is 11.3. The molecule has 0 spiro atoms. The molecular formula is C11H8ClNO2. The molecule has 0 aliphatic carbocycles. The average Bonchev–Trinajstić information content (AvgIpc) is 2.29. The summed E-state index contributed by atoms with van der Waals surface area (Å²) < 4.78 is 4.64. The Labute approximate surface area is 91.6 Å². The summed E-state index contributed by atoms with van der Waals surface area (Å²) in [6.45, 7) is 0. The minimum Gasteiger partial charge on any atom is -0.445 e. The molecule has 0 saturated heterocycles. The van der Waals surface area contributed by atoms with Crippen molar-refractivity contribution in [1.29, 1.82) is 0 Å². The molecule has 1 aromatic carbocycles. The zero-order valence-corrected chi connectivity index (χ0v) is 8.57. The molecule has 0 saturated carbocycles. The number of hydrogen-bond donors (Lipinski definition) is 0. The summed E-state index contributed by atoms with van der Waals surface area (Å²) in [6.07, 6.45) is 0. The second kappa shape index (κ2) is 4.28. The lowest BCUT2D eigenvalue weighted by molar-refractivity contribution is 0.0568. The molecule has 0 N–H and O–H groups in total. The van der Waals surface area contributed by atoms with E-state index in [1.807, 2.05) is 30.3 Å². The number of alkyl halides is 1. The van der Waals surface area contributed by atoms with E-state index in [1.165, 1.54) is 0 Å². The highest BCUT2D eigenvalue weighted by Crippen LogP contribution is 2.12. The number of esters is 1. The van der Waals surface area contributed by atoms with Gasteiger partial charge in [0, 0.05) is 5.39 Å². The van der Waals surface area contributed by atoms with Crippen LogP contribution in [0.2, 0.25) is 0 Å². The van der Waals surface area contributed by atoms with Crippen LogP contribution in [0.25, 0.3) is 10.9 Å². The summed E-state index contributed by atoms with van der Waals surface area (Å²) in [7, 11) is 0. The van der Waals surface area contributed by atoms with Crippen LogP contribution in [0.15, 0.2) is 36.4 Å². The predicted octanol–water partition coefficient (Wildman–Crippen LogP) is 2.59. The molecule has 2 rings (SSSR count). The molecule has 0 atom stereocenters. The van der Waals surface area contributed by atoms with Gasteiger partial charge in [-0.2, -0.15) is 0 Å². The van der Waals surface area contributed by atoms with Crippen molar-refractivity contribution in [3.63, 3.8) is 0 Å². The van der Waals surface area contributed by atoms with Crippen LogP contribution in [0.1, 0.15) is 10.5 Å². The first-order chi connectivity index (χ1) is 7.31. The minimum absolute atomic E-state index is 0.159. The second-order valence-electron chi connectivity index (χ2n) is 2.93. The van der Waals surface area contributed by atoms with Crippen molar-refractivity contribution in [2.24, 2.45) is 0 Å². The lowest BCUT2D eigenvalue weighted by Crippen LogP contribution is -2.05. The van der Waals surface area contributed by atoms with Gasteiger partial charge in [-0.15, -0.1) is 0 Å². The molecule has 0 aliphatic heterocycles. The molecule has 0 unspecified atom stereocenters. The summed E-state index contributed by atoms with van der Waals surface area (Å²) in [5.74, 6) is -0.504. The summed E-state index contributed by atoms with van der Waals surface area (Å²) >= 11 is 5.29. The summed E-state index contributed by atoms with van der Waals surface area (Å²) in [5, 5.41) is 0.986. The van der Waals surface area contributed by atoms with Crippen LogP contribution < -0.4 is 0 Å². The normalized spacial score (nSPS) is 10.2. The van der Waals surface area contributed by atoms with Crippen molar-refractivity contribution in [3.8, 4) is 0 Å². The summed E-state index contributed by atoms with van der Waals surface area (Å²) in [6, 6.07) is 10.8. The Hall–Kier alpha value is -1.61. The third-order valence-corrected chi connectivity index (χ3v) is 2.10. The molecule has 0 fully saturated rings. The van der Waals surface area contributed by atoms with E-state index in [0.717, 1.165) is 10.9 Å². The van der Waals surface area contributed by atoms with Crippen LogP contribution in [0.4, 0.5) is 0 Å². The molecule has 0 aliphatic rings. The summed E-state index contributed by atoms with van der Waals surface area (Å²) in [5.41, 5.74) is 1.04. The fourth-order valence-electron chi connectivity index (χ4n) is 1.30. The van der Waals surface area contributed by atoms with Crippen molar-refractivity contribution >= 4 is 28.5 Å². The largest absolute Gasteiger partial charge is 0.445 e. The molecule has 4 heteroatoms. The predicted molar refractivity (Wildman–Crippen MR) is 57.9 cm³/mol. The Morgan fingerprint density at radius 1 is 1.27 bits per heavy atom. The first-order valence-electron chi connectivity index (χ1n) is 4.40. The van der Waals surface area contributed by atoms with E-state index in [2.05, 4.69) is 9.72 Å². The Morgan fingerprint density at radius 2 is 2.07 bits per heavy atom. The fourth-order valence-corrected chi connectivity index (χ4v) is 1.40. The molecule has 0 amide bonds. The van der Waals surface area contributed by atoms with Gasteiger partial charge in [0.15, 0.2) is 6.07 Å². The number of pyridine rings is 1. The van der Waals surface area contributed by atoms with Gasteiger partial charge in [0.1, 0.15) is 5.69 Å². The van der Waals surface area contributed by atoms with Crippen molar-refractivity contribution < 1.29 is 9.53 Å². The average molecular weight is 222 g/mol. The molecule has 76 valence electrons. The molecule has 1 aromatic heterocycles. The molecular weight excluding hydrogens is 214 g/mol. The first kappa shape index (κ1) is 9.93. The van der Waals surface area contributed by atoms with Gasteiger partial charge < -0.3 is 4.74 Å². The number of para-hydroxylation sites is 1. The Balaban J connectivity index is 2.42. The Kier molecular flexibility index (Phi) is 2.83. The molecule has 3 nitrogen and oxygen atoms in total. The van der Waals surface area contributed by atoms with Crippen LogP contribution in [-0.2, 0) is 4.74 Å². The van der Waals surface area contributed by atoms with Crippen LogP contribution in [0.5, 0.6) is 0 Å². The zero-order chi connectivity index (χ0) is 10.7. The molecule has 2 aromatic rings. The van der Waals surface area contributed by atoms with E-state index in [-0.39, 0.29) is 11.8 Å². The highest BCUT2D eigenvalue weighted by molar-refractivity contribution is 6.17. The number of benzene rings is 1. The van der Waals surface area contributed by atoms with Gasteiger partial charge >= 0.3 is 5.97 Å². The van der Waals surface area contributed by atoms with Gasteiger partial charge in [0.2, 0.25) is 0 Å². The van der Waals surface area contributed by atoms with E-state index >= 15 is 0 Å². The van der Waals surface area contributed by atoms with E-state index in [4.69, 9.17) is 11.6 Å². The van der Waals surface area contributed by atoms with Crippen LogP contribution in [0.3, 0.4) is 0 Å². The van der Waals surface area contributed by atoms with Crippen molar-refractivity contribution in [3.05, 3.63) is 42.1 Å². The Bertz CT molecular complexity index is 499. The molecule has 1 heterocycles. The fraction of sp³-hybridized carbons (Fsp3) is 0.0909. The second-order valence-corrected chi connectivity index (χ2v) is 3.15. The van der Waals surface area contributed by atoms with Gasteiger partial charge in [0.25, 0.3) is 0 Å². The van der Waals surface area contributed by atoms with Crippen molar-refractivity contribution in [1.82, 2.24) is 4.98 Å². The lowest BCUT2D eigenvalue weighted by atomic mass is 10.2. The molecule has 15 heavy (non-hydrogen) atoms. The lowest BCUT2D eigenvalue weighted by Gasteiger charge is -2.01. The van der Waals surface area contributed by atoms with Crippen molar-refractivity contribution in [2.75, 3.05) is 6.07 Å². The number of fused-ring (bicyclic) bond motifs is 1. The topological polar surface area (TPSA) is 39.2 Å². The van der Waals surface area contributed by atoms with Crippen LogP contribution in [-0.4, -0.2) is 17.0 Å². The number of halogens is 1. The van der Waals surface area contributed by atoms with Crippen LogP contribution >= 0.6 is 11.6 Å². The third-order valence-electron chi connectivity index (χ3n) is 1.99. The van der Waals surface area contributed by atoms with E-state index in [9.17, 15) is 4.79 Å². The van der Waals surface area contributed by atoms with E-state index in [1.54, 1.807) is 6.07 Å². The number of aromatic nitrogens is 1. The highest BCUT2D eigenvalue weighted by atomic mass is 35.5. The Morgan fingerprint density at radius 3 is 2.87 bits per heavy atom.